The molecule has 0 saturated heterocycles. The van der Waals surface area contributed by atoms with E-state index in [1.54, 1.807) is 0 Å². The van der Waals surface area contributed by atoms with Crippen molar-refractivity contribution in [1.29, 1.82) is 0 Å². The Labute approximate surface area is 103 Å². The summed E-state index contributed by atoms with van der Waals surface area (Å²) >= 11 is 0. The van der Waals surface area contributed by atoms with Gasteiger partial charge in [0.25, 0.3) is 0 Å². The molecule has 1 fully saturated rings. The summed E-state index contributed by atoms with van der Waals surface area (Å²) in [5, 5.41) is 3.32. The van der Waals surface area contributed by atoms with Crippen molar-refractivity contribution in [3.63, 3.8) is 0 Å². The maximum atomic E-state index is 9.50. The van der Waals surface area contributed by atoms with Crippen molar-refractivity contribution in [2.24, 2.45) is 5.73 Å². The smallest absolute Gasteiger partial charge is 0.0785 e. The van der Waals surface area contributed by atoms with Crippen LogP contribution in [0.4, 0.5) is 4.39 Å². The molecule has 3 heteroatoms. The van der Waals surface area contributed by atoms with E-state index in [-0.39, 0.29) is 11.1 Å². The van der Waals surface area contributed by atoms with Crippen molar-refractivity contribution in [1.82, 2.24) is 5.32 Å². The van der Waals surface area contributed by atoms with E-state index in [1.807, 2.05) is 7.05 Å². The molecule has 1 aliphatic rings. The van der Waals surface area contributed by atoms with E-state index in [0.29, 0.717) is 7.18 Å². The van der Waals surface area contributed by atoms with Crippen molar-refractivity contribution < 1.29 is 4.39 Å². The number of nitrogens with one attached hydrogen (secondary N) is 1. The molecule has 3 N–H and O–H groups in total. The van der Waals surface area contributed by atoms with E-state index in [1.165, 1.54) is 11.1 Å². The molecular formula is C14H23FN2. The van der Waals surface area contributed by atoms with Crippen LogP contribution in [-0.2, 0) is 11.1 Å². The van der Waals surface area contributed by atoms with E-state index in [4.69, 9.17) is 5.73 Å². The van der Waals surface area contributed by atoms with Gasteiger partial charge >= 0.3 is 0 Å². The summed E-state index contributed by atoms with van der Waals surface area (Å²) in [7, 11) is 2.49. The van der Waals surface area contributed by atoms with E-state index in [0.717, 1.165) is 12.8 Å². The maximum Gasteiger partial charge on any atom is 0.0785 e. The van der Waals surface area contributed by atoms with Crippen LogP contribution >= 0.6 is 0 Å². The number of rotatable bonds is 3. The predicted molar refractivity (Wildman–Crippen MR) is 70.7 cm³/mol. The zero-order valence-electron chi connectivity index (χ0n) is 11.2. The Morgan fingerprint density at radius 1 is 1.29 bits per heavy atom. The lowest BCUT2D eigenvalue weighted by Gasteiger charge is -2.26. The zero-order chi connectivity index (χ0) is 13.1. The van der Waals surface area contributed by atoms with E-state index < -0.39 is 0 Å². The van der Waals surface area contributed by atoms with Gasteiger partial charge in [-0.3, -0.25) is 4.39 Å². The van der Waals surface area contributed by atoms with E-state index in [9.17, 15) is 4.39 Å². The first kappa shape index (κ1) is 14.1. The number of hydrogen-bond donors (Lipinski definition) is 2. The lowest BCUT2D eigenvalue weighted by molar-refractivity contribution is 0.444. The minimum absolute atomic E-state index is 0.0151. The summed E-state index contributed by atoms with van der Waals surface area (Å²) in [5.41, 5.74) is 8.77. The SMILES string of the molecule is CF.CNC(C)(C)c1cccc(C2(N)CC2)c1. The van der Waals surface area contributed by atoms with Gasteiger partial charge in [-0.2, -0.15) is 0 Å². The molecule has 0 spiro atoms. The third-order valence-electron chi connectivity index (χ3n) is 3.57. The third-order valence-corrected chi connectivity index (χ3v) is 3.57. The quantitative estimate of drug-likeness (QED) is 0.849. The molecular weight excluding hydrogens is 215 g/mol. The average Bonchev–Trinajstić information content (AvgIpc) is 3.11. The molecule has 0 aliphatic heterocycles. The molecule has 0 bridgehead atoms. The van der Waals surface area contributed by atoms with Crippen LogP contribution in [0.25, 0.3) is 0 Å². The van der Waals surface area contributed by atoms with Gasteiger partial charge in [-0.15, -0.1) is 0 Å². The molecule has 17 heavy (non-hydrogen) atoms. The lowest BCUT2D eigenvalue weighted by Crippen LogP contribution is -2.33. The summed E-state index contributed by atoms with van der Waals surface area (Å²) in [5.74, 6) is 0. The first-order chi connectivity index (χ1) is 7.98. The van der Waals surface area contributed by atoms with Gasteiger partial charge in [0.05, 0.1) is 7.18 Å². The molecule has 1 aromatic rings. The molecule has 2 nitrogen and oxygen atoms in total. The molecule has 96 valence electrons. The molecule has 0 aromatic heterocycles. The second kappa shape index (κ2) is 5.15. The third kappa shape index (κ3) is 3.05. The van der Waals surface area contributed by atoms with E-state index >= 15 is 0 Å². The first-order valence-electron chi connectivity index (χ1n) is 5.95. The number of halogens is 1. The highest BCUT2D eigenvalue weighted by atomic mass is 19.1. The summed E-state index contributed by atoms with van der Waals surface area (Å²) in [6, 6.07) is 8.65. The van der Waals surface area contributed by atoms with Gasteiger partial charge in [0.1, 0.15) is 0 Å². The van der Waals surface area contributed by atoms with Crippen LogP contribution in [0.5, 0.6) is 0 Å². The van der Waals surface area contributed by atoms with Crippen molar-refractivity contribution in [2.45, 2.75) is 37.8 Å². The fraction of sp³-hybridized carbons (Fsp3) is 0.571. The van der Waals surface area contributed by atoms with Crippen LogP contribution in [0.15, 0.2) is 24.3 Å². The maximum absolute atomic E-state index is 9.50. The monoisotopic (exact) mass is 238 g/mol. The van der Waals surface area contributed by atoms with E-state index in [2.05, 4.69) is 43.4 Å². The van der Waals surface area contributed by atoms with Gasteiger partial charge < -0.3 is 11.1 Å². The molecule has 1 aromatic carbocycles. The van der Waals surface area contributed by atoms with Crippen molar-refractivity contribution in [3.8, 4) is 0 Å². The van der Waals surface area contributed by atoms with Crippen LogP contribution < -0.4 is 11.1 Å². The Balaban J connectivity index is 0.000000686. The molecule has 1 aliphatic carbocycles. The molecule has 2 rings (SSSR count). The fourth-order valence-electron chi connectivity index (χ4n) is 1.79. The zero-order valence-corrected chi connectivity index (χ0v) is 11.2. The molecule has 0 atom stereocenters. The Hall–Kier alpha value is -0.930. The summed E-state index contributed by atoms with van der Waals surface area (Å²) in [4.78, 5) is 0. The highest BCUT2D eigenvalue weighted by molar-refractivity contribution is 5.35. The molecule has 0 amide bonds. The molecule has 0 unspecified atom stereocenters. The Morgan fingerprint density at radius 2 is 1.88 bits per heavy atom. The number of alkyl halides is 1. The highest BCUT2D eigenvalue weighted by Crippen LogP contribution is 2.43. The summed E-state index contributed by atoms with van der Waals surface area (Å²) in [6.45, 7) is 4.37. The molecule has 0 heterocycles. The first-order valence-corrected chi connectivity index (χ1v) is 5.95. The minimum atomic E-state index is -0.0279. The average molecular weight is 238 g/mol. The second-order valence-electron chi connectivity index (χ2n) is 5.11. The Bertz CT molecular complexity index is 370. The van der Waals surface area contributed by atoms with Crippen molar-refractivity contribution in [2.75, 3.05) is 14.2 Å². The van der Waals surface area contributed by atoms with Gasteiger partial charge in [0.15, 0.2) is 0 Å². The molecule has 0 radical (unpaired) electrons. The van der Waals surface area contributed by atoms with Gasteiger partial charge in [0, 0.05) is 11.1 Å². The number of hydrogen-bond acceptors (Lipinski definition) is 2. The number of benzene rings is 1. The van der Waals surface area contributed by atoms with Crippen LogP contribution in [-0.4, -0.2) is 14.2 Å². The van der Waals surface area contributed by atoms with Crippen LogP contribution in [0, 0.1) is 0 Å². The van der Waals surface area contributed by atoms with Crippen LogP contribution in [0.2, 0.25) is 0 Å². The lowest BCUT2D eigenvalue weighted by atomic mass is 9.91. The minimum Gasteiger partial charge on any atom is -0.321 e. The largest absolute Gasteiger partial charge is 0.321 e. The Morgan fingerprint density at radius 3 is 2.35 bits per heavy atom. The highest BCUT2D eigenvalue weighted by Gasteiger charge is 2.40. The van der Waals surface area contributed by atoms with Crippen molar-refractivity contribution in [3.05, 3.63) is 35.4 Å². The van der Waals surface area contributed by atoms with Gasteiger partial charge in [-0.1, -0.05) is 24.3 Å². The van der Waals surface area contributed by atoms with Gasteiger partial charge in [0.2, 0.25) is 0 Å². The Kier molecular flexibility index (Phi) is 4.28. The van der Waals surface area contributed by atoms with Crippen LogP contribution in [0.1, 0.15) is 37.8 Å². The summed E-state index contributed by atoms with van der Waals surface area (Å²) in [6.07, 6.45) is 2.24. The predicted octanol–water partition coefficient (Wildman–Crippen LogP) is 2.67. The van der Waals surface area contributed by atoms with Gasteiger partial charge in [-0.25, -0.2) is 0 Å². The van der Waals surface area contributed by atoms with Crippen LogP contribution in [0.3, 0.4) is 0 Å². The standard InChI is InChI=1S/C13H20N2.CH3F/c1-12(2,15-3)10-5-4-6-11(9-10)13(14)7-8-13;1-2/h4-6,9,15H,7-8,14H2,1-3H3;1H3. The molecule has 1 saturated carbocycles. The second-order valence-corrected chi connectivity index (χ2v) is 5.11. The fourth-order valence-corrected chi connectivity index (χ4v) is 1.79. The number of nitrogens with two attached hydrogens (primary N) is 1. The van der Waals surface area contributed by atoms with Gasteiger partial charge in [-0.05, 0) is 44.9 Å². The topological polar surface area (TPSA) is 38.0 Å². The summed E-state index contributed by atoms with van der Waals surface area (Å²) < 4.78 is 9.50. The normalized spacial score (nSPS) is 17.1. The van der Waals surface area contributed by atoms with Crippen molar-refractivity contribution >= 4 is 0 Å².